The number of rotatable bonds is 6. The molecule has 0 radical (unpaired) electrons. The smallest absolute Gasteiger partial charge is 0.407 e. The second kappa shape index (κ2) is 9.87. The van der Waals surface area contributed by atoms with E-state index in [4.69, 9.17) is 14.2 Å². The number of amides is 2. The summed E-state index contributed by atoms with van der Waals surface area (Å²) in [7, 11) is 1.97. The van der Waals surface area contributed by atoms with Crippen molar-refractivity contribution in [1.29, 1.82) is 0 Å². The monoisotopic (exact) mass is 585 g/mol. The molecule has 13 nitrogen and oxygen atoms in total. The first-order valence-electron chi connectivity index (χ1n) is 14.3. The molecule has 2 bridgehead atoms. The van der Waals surface area contributed by atoms with Crippen molar-refractivity contribution in [3.8, 4) is 11.5 Å². The van der Waals surface area contributed by atoms with Crippen LogP contribution in [0.2, 0.25) is 0 Å². The highest BCUT2D eigenvalue weighted by Gasteiger charge is 2.72. The maximum Gasteiger partial charge on any atom is 0.407 e. The fourth-order valence-corrected chi connectivity index (χ4v) is 7.60. The van der Waals surface area contributed by atoms with E-state index in [-0.39, 0.29) is 36.3 Å². The Labute approximate surface area is 242 Å². The van der Waals surface area contributed by atoms with Crippen molar-refractivity contribution in [2.75, 3.05) is 20.1 Å². The number of likely N-dealkylation sites (tertiary alicyclic amines) is 2. The van der Waals surface area contributed by atoms with Crippen molar-refractivity contribution in [3.05, 3.63) is 35.1 Å². The second-order valence-electron chi connectivity index (χ2n) is 12.0. The number of nitrogens with zero attached hydrogens (tertiary/aromatic N) is 2. The van der Waals surface area contributed by atoms with Crippen molar-refractivity contribution in [2.24, 2.45) is 0 Å². The van der Waals surface area contributed by atoms with E-state index in [0.717, 1.165) is 16.0 Å². The third-order valence-electron chi connectivity index (χ3n) is 9.71. The fourth-order valence-electron chi connectivity index (χ4n) is 7.60. The Hall–Kier alpha value is -3.84. The molecule has 13 heteroatoms. The molecule has 2 aliphatic carbocycles. The zero-order valence-electron chi connectivity index (χ0n) is 23.7. The van der Waals surface area contributed by atoms with Gasteiger partial charge in [0.15, 0.2) is 23.7 Å². The zero-order valence-corrected chi connectivity index (χ0v) is 23.7. The van der Waals surface area contributed by atoms with Crippen LogP contribution in [0, 0.1) is 0 Å². The average molecular weight is 586 g/mol. The SMILES string of the molecule is C[C@H](NC(=O)C1CCCN1C(=O)O)C(=O)O[C@@H](C)C(=O)OC1=CC[C@@]2(O)[C@H]3Cc4ccc(O)c5c4[C@@]2(CCN3C)[C@H]1O5. The highest BCUT2D eigenvalue weighted by Crippen LogP contribution is 2.65. The van der Waals surface area contributed by atoms with Gasteiger partial charge in [-0.05, 0) is 70.8 Å². The van der Waals surface area contributed by atoms with Crippen molar-refractivity contribution in [1.82, 2.24) is 15.1 Å². The Morgan fingerprint density at radius 1 is 1.17 bits per heavy atom. The summed E-state index contributed by atoms with van der Waals surface area (Å²) in [6.45, 7) is 3.63. The molecule has 0 saturated carbocycles. The van der Waals surface area contributed by atoms with E-state index in [1.165, 1.54) is 13.8 Å². The van der Waals surface area contributed by atoms with Gasteiger partial charge in [0.05, 0.1) is 11.0 Å². The topological polar surface area (TPSA) is 175 Å². The lowest BCUT2D eigenvalue weighted by atomic mass is 9.50. The minimum Gasteiger partial charge on any atom is -0.504 e. The molecule has 1 spiro atoms. The first-order valence-corrected chi connectivity index (χ1v) is 14.3. The van der Waals surface area contributed by atoms with E-state index in [1.54, 1.807) is 12.1 Å². The van der Waals surface area contributed by atoms with E-state index < -0.39 is 59.2 Å². The molecule has 2 amide bonds. The average Bonchev–Trinajstić information content (AvgIpc) is 3.57. The summed E-state index contributed by atoms with van der Waals surface area (Å²) >= 11 is 0. The van der Waals surface area contributed by atoms with Crippen LogP contribution in [-0.4, -0.2) is 105 Å². The summed E-state index contributed by atoms with van der Waals surface area (Å²) in [5.41, 5.74) is -0.414. The first-order chi connectivity index (χ1) is 19.9. The number of carbonyl (C=O) groups is 4. The van der Waals surface area contributed by atoms with Crippen LogP contribution in [-0.2, 0) is 35.7 Å². The van der Waals surface area contributed by atoms with E-state index >= 15 is 0 Å². The Bertz CT molecular complexity index is 1400. The van der Waals surface area contributed by atoms with E-state index in [2.05, 4.69) is 10.2 Å². The molecule has 226 valence electrons. The molecule has 0 aromatic heterocycles. The summed E-state index contributed by atoms with van der Waals surface area (Å²) < 4.78 is 17.3. The molecular weight excluding hydrogens is 550 g/mol. The lowest BCUT2D eigenvalue weighted by Gasteiger charge is -2.61. The number of phenolic OH excluding ortho intramolecular Hbond substituents is 1. The maximum atomic E-state index is 13.1. The van der Waals surface area contributed by atoms with Crippen molar-refractivity contribution in [2.45, 2.75) is 87.3 Å². The van der Waals surface area contributed by atoms with Crippen LogP contribution in [0.15, 0.2) is 24.0 Å². The summed E-state index contributed by atoms with van der Waals surface area (Å²) in [5.74, 6) is -1.95. The summed E-state index contributed by atoms with van der Waals surface area (Å²) in [4.78, 5) is 53.0. The van der Waals surface area contributed by atoms with Crippen molar-refractivity contribution < 1.29 is 48.7 Å². The Morgan fingerprint density at radius 3 is 2.67 bits per heavy atom. The molecule has 42 heavy (non-hydrogen) atoms. The van der Waals surface area contributed by atoms with Gasteiger partial charge in [0.25, 0.3) is 0 Å². The Kier molecular flexibility index (Phi) is 6.65. The van der Waals surface area contributed by atoms with E-state index in [0.29, 0.717) is 32.2 Å². The number of aliphatic hydroxyl groups is 1. The number of esters is 2. The fraction of sp³-hybridized carbons (Fsp3) is 0.586. The highest BCUT2D eigenvalue weighted by atomic mass is 16.6. The molecule has 3 aliphatic heterocycles. The number of hydrogen-bond acceptors (Lipinski definition) is 10. The van der Waals surface area contributed by atoms with Crippen LogP contribution in [0.25, 0.3) is 0 Å². The first kappa shape index (κ1) is 28.3. The van der Waals surface area contributed by atoms with Gasteiger partial charge >= 0.3 is 18.0 Å². The predicted octanol–water partition coefficient (Wildman–Crippen LogP) is 0.792. The molecule has 3 heterocycles. The molecule has 2 fully saturated rings. The number of hydrogen-bond donors (Lipinski definition) is 4. The minimum atomic E-state index is -1.35. The maximum absolute atomic E-state index is 13.1. The van der Waals surface area contributed by atoms with E-state index in [1.807, 2.05) is 13.1 Å². The van der Waals surface area contributed by atoms with Gasteiger partial charge in [-0.3, -0.25) is 9.69 Å². The molecular formula is C29H35N3O10. The third-order valence-corrected chi connectivity index (χ3v) is 9.71. The van der Waals surface area contributed by atoms with Gasteiger partial charge in [0.2, 0.25) is 5.91 Å². The summed E-state index contributed by atoms with van der Waals surface area (Å²) in [6, 6.07) is 1.19. The molecule has 7 atom stereocenters. The van der Waals surface area contributed by atoms with Gasteiger partial charge in [-0.15, -0.1) is 0 Å². The number of likely N-dealkylation sites (N-methyl/N-ethyl adjacent to an activating group) is 1. The molecule has 4 N–H and O–H groups in total. The molecule has 6 rings (SSSR count). The highest BCUT2D eigenvalue weighted by molar-refractivity contribution is 5.90. The Balaban J connectivity index is 1.16. The number of carboxylic acid groups (broad SMARTS) is 1. The third kappa shape index (κ3) is 3.97. The number of aromatic hydroxyl groups is 1. The second-order valence-corrected chi connectivity index (χ2v) is 12.0. The van der Waals surface area contributed by atoms with Crippen molar-refractivity contribution in [3.63, 3.8) is 0 Å². The van der Waals surface area contributed by atoms with Crippen LogP contribution in [0.3, 0.4) is 0 Å². The number of piperidine rings is 1. The number of benzene rings is 1. The molecule has 1 aromatic rings. The lowest BCUT2D eigenvalue weighted by Crippen LogP contribution is -2.74. The van der Waals surface area contributed by atoms with Crippen LogP contribution in [0.4, 0.5) is 4.79 Å². The van der Waals surface area contributed by atoms with Crippen LogP contribution in [0.5, 0.6) is 11.5 Å². The van der Waals surface area contributed by atoms with Gasteiger partial charge in [-0.2, -0.15) is 0 Å². The van der Waals surface area contributed by atoms with Gasteiger partial charge < -0.3 is 39.7 Å². The standard InChI is InChI=1S/C29H35N3O10/c1-14(30-24(34)17-5-4-11-32(17)27(37)38)25(35)40-15(2)26(36)41-19-8-9-29(39)20-13-16-6-7-18(33)22-21(16)28(29,23(19)42-22)10-12-31(20)3/h6-8,14-15,17,20,23,33,39H,4-5,9-13H2,1-3H3,(H,30,34)(H,37,38)/t14-,15-,17?,20+,23-,28-,29+/m0/s1. The van der Waals surface area contributed by atoms with Crippen LogP contribution >= 0.6 is 0 Å². The normalized spacial score (nSPS) is 32.1. The summed E-state index contributed by atoms with van der Waals surface area (Å²) in [6.07, 6.45) is 0.393. The lowest BCUT2D eigenvalue weighted by molar-refractivity contribution is -0.176. The number of ether oxygens (including phenoxy) is 3. The van der Waals surface area contributed by atoms with Gasteiger partial charge in [-0.1, -0.05) is 6.07 Å². The van der Waals surface area contributed by atoms with Crippen LogP contribution < -0.4 is 10.1 Å². The minimum absolute atomic E-state index is 0.0506. The number of phenols is 1. The molecule has 2 saturated heterocycles. The Morgan fingerprint density at radius 2 is 1.93 bits per heavy atom. The predicted molar refractivity (Wildman–Crippen MR) is 144 cm³/mol. The number of carbonyl (C=O) groups excluding carboxylic acids is 3. The molecule has 5 aliphatic rings. The largest absolute Gasteiger partial charge is 0.504 e. The van der Waals surface area contributed by atoms with Crippen molar-refractivity contribution >= 4 is 23.9 Å². The van der Waals surface area contributed by atoms with Gasteiger partial charge in [-0.25, -0.2) is 14.4 Å². The van der Waals surface area contributed by atoms with Crippen LogP contribution in [0.1, 0.15) is 50.7 Å². The quantitative estimate of drug-likeness (QED) is 0.348. The van der Waals surface area contributed by atoms with Gasteiger partial charge in [0, 0.05) is 24.6 Å². The zero-order chi connectivity index (χ0) is 30.1. The van der Waals surface area contributed by atoms with Gasteiger partial charge in [0.1, 0.15) is 17.8 Å². The summed E-state index contributed by atoms with van der Waals surface area (Å²) in [5, 5.41) is 34.6. The molecule has 1 unspecified atom stereocenters. The molecule has 1 aromatic carbocycles. The number of nitrogens with one attached hydrogen (secondary N) is 1. The van der Waals surface area contributed by atoms with E-state index in [9.17, 15) is 34.5 Å².